The minimum atomic E-state index is -0.0421. The molecular weight excluding hydrogens is 162 g/mol. The first kappa shape index (κ1) is 11.0. The summed E-state index contributed by atoms with van der Waals surface area (Å²) in [6, 6.07) is 0.617. The molecule has 2 atom stereocenters. The molecule has 0 amide bonds. The van der Waals surface area contributed by atoms with Crippen molar-refractivity contribution in [2.45, 2.75) is 52.1 Å². The van der Waals surface area contributed by atoms with Crippen LogP contribution in [0.2, 0.25) is 0 Å². The summed E-state index contributed by atoms with van der Waals surface area (Å²) in [7, 11) is 0. The molecule has 0 saturated carbocycles. The zero-order valence-corrected chi connectivity index (χ0v) is 9.38. The Balaban J connectivity index is 2.60. The van der Waals surface area contributed by atoms with Crippen LogP contribution in [0.3, 0.4) is 0 Å². The topological polar surface area (TPSA) is 23.5 Å². The zero-order chi connectivity index (χ0) is 10.1. The van der Waals surface area contributed by atoms with Crippen molar-refractivity contribution in [3.05, 3.63) is 0 Å². The third-order valence-corrected chi connectivity index (χ3v) is 3.30. The van der Waals surface area contributed by atoms with Gasteiger partial charge in [0.2, 0.25) is 0 Å². The molecule has 0 aliphatic carbocycles. The minimum absolute atomic E-state index is 0.0421. The lowest BCUT2D eigenvalue weighted by atomic mass is 9.89. The Bertz CT molecular complexity index is 167. The number of rotatable bonds is 2. The fraction of sp³-hybridized carbons (Fsp3) is 1.00. The molecule has 0 aromatic carbocycles. The second-order valence-electron chi connectivity index (χ2n) is 5.14. The highest BCUT2D eigenvalue weighted by atomic mass is 16.3. The van der Waals surface area contributed by atoms with Gasteiger partial charge in [-0.3, -0.25) is 4.90 Å². The van der Waals surface area contributed by atoms with Crippen molar-refractivity contribution < 1.29 is 5.11 Å². The number of aliphatic hydroxyl groups is 1. The Morgan fingerprint density at radius 1 is 1.38 bits per heavy atom. The first-order valence-corrected chi connectivity index (χ1v) is 5.35. The lowest BCUT2D eigenvalue weighted by molar-refractivity contribution is -0.00285. The van der Waals surface area contributed by atoms with Gasteiger partial charge in [0.05, 0.1) is 6.61 Å². The highest BCUT2D eigenvalue weighted by molar-refractivity contribution is 4.88. The molecule has 13 heavy (non-hydrogen) atoms. The van der Waals surface area contributed by atoms with E-state index in [0.29, 0.717) is 6.04 Å². The molecule has 2 nitrogen and oxygen atoms in total. The van der Waals surface area contributed by atoms with Gasteiger partial charge >= 0.3 is 0 Å². The van der Waals surface area contributed by atoms with E-state index in [1.54, 1.807) is 0 Å². The molecule has 0 bridgehead atoms. The maximum atomic E-state index is 9.29. The third kappa shape index (κ3) is 2.44. The van der Waals surface area contributed by atoms with Crippen LogP contribution in [0, 0.1) is 5.92 Å². The Morgan fingerprint density at radius 3 is 2.46 bits per heavy atom. The summed E-state index contributed by atoms with van der Waals surface area (Å²) in [6.07, 6.45) is 2.54. The van der Waals surface area contributed by atoms with E-state index in [0.717, 1.165) is 12.5 Å². The van der Waals surface area contributed by atoms with Gasteiger partial charge in [0.1, 0.15) is 0 Å². The first-order chi connectivity index (χ1) is 5.97. The third-order valence-electron chi connectivity index (χ3n) is 3.30. The summed E-state index contributed by atoms with van der Waals surface area (Å²) < 4.78 is 0. The summed E-state index contributed by atoms with van der Waals surface area (Å²) in [5, 5.41) is 9.29. The molecule has 2 unspecified atom stereocenters. The molecule has 0 spiro atoms. The van der Waals surface area contributed by atoms with Crippen molar-refractivity contribution in [2.75, 3.05) is 13.2 Å². The van der Waals surface area contributed by atoms with Crippen LogP contribution in [0.1, 0.15) is 40.5 Å². The van der Waals surface area contributed by atoms with Crippen LogP contribution in [0.5, 0.6) is 0 Å². The van der Waals surface area contributed by atoms with Crippen molar-refractivity contribution in [3.63, 3.8) is 0 Å². The Morgan fingerprint density at radius 2 is 2.00 bits per heavy atom. The lowest BCUT2D eigenvalue weighted by Crippen LogP contribution is -2.54. The molecule has 78 valence electrons. The van der Waals surface area contributed by atoms with Crippen molar-refractivity contribution in [3.8, 4) is 0 Å². The van der Waals surface area contributed by atoms with Crippen LogP contribution >= 0.6 is 0 Å². The maximum Gasteiger partial charge on any atom is 0.0610 e. The second kappa shape index (κ2) is 3.97. The van der Waals surface area contributed by atoms with Crippen molar-refractivity contribution in [1.82, 2.24) is 4.90 Å². The average Bonchev–Trinajstić information content (AvgIpc) is 2.03. The van der Waals surface area contributed by atoms with Crippen LogP contribution in [0.25, 0.3) is 0 Å². The van der Waals surface area contributed by atoms with Crippen molar-refractivity contribution in [2.24, 2.45) is 5.92 Å². The van der Waals surface area contributed by atoms with E-state index in [9.17, 15) is 5.11 Å². The van der Waals surface area contributed by atoms with E-state index in [-0.39, 0.29) is 12.1 Å². The predicted molar refractivity (Wildman–Crippen MR) is 55.7 cm³/mol. The van der Waals surface area contributed by atoms with E-state index >= 15 is 0 Å². The first-order valence-electron chi connectivity index (χ1n) is 5.35. The van der Waals surface area contributed by atoms with Crippen LogP contribution in [0.4, 0.5) is 0 Å². The standard InChI is InChI=1S/C11H23NO/c1-9-5-6-12(10(2)7-9)11(3,4)8-13/h9-10,13H,5-8H2,1-4H3. The molecule has 1 saturated heterocycles. The number of hydrogen-bond donors (Lipinski definition) is 1. The van der Waals surface area contributed by atoms with Gasteiger partial charge in [0.25, 0.3) is 0 Å². The van der Waals surface area contributed by atoms with Gasteiger partial charge in [0, 0.05) is 11.6 Å². The summed E-state index contributed by atoms with van der Waals surface area (Å²) in [5.74, 6) is 0.848. The van der Waals surface area contributed by atoms with Crippen LogP contribution < -0.4 is 0 Å². The Hall–Kier alpha value is -0.0800. The van der Waals surface area contributed by atoms with Gasteiger partial charge < -0.3 is 5.11 Å². The quantitative estimate of drug-likeness (QED) is 0.710. The summed E-state index contributed by atoms with van der Waals surface area (Å²) in [5.41, 5.74) is -0.0421. The highest BCUT2D eigenvalue weighted by Crippen LogP contribution is 2.28. The van der Waals surface area contributed by atoms with Crippen molar-refractivity contribution >= 4 is 0 Å². The number of nitrogens with zero attached hydrogens (tertiary/aromatic N) is 1. The molecule has 1 aliphatic rings. The van der Waals surface area contributed by atoms with Gasteiger partial charge in [-0.15, -0.1) is 0 Å². The zero-order valence-electron chi connectivity index (χ0n) is 9.38. The van der Waals surface area contributed by atoms with E-state index < -0.39 is 0 Å². The number of hydrogen-bond acceptors (Lipinski definition) is 2. The molecule has 0 aromatic rings. The van der Waals surface area contributed by atoms with Crippen LogP contribution in [0.15, 0.2) is 0 Å². The molecule has 1 heterocycles. The molecule has 0 aromatic heterocycles. The van der Waals surface area contributed by atoms with Gasteiger partial charge in [0.15, 0.2) is 0 Å². The largest absolute Gasteiger partial charge is 0.394 e. The maximum absolute atomic E-state index is 9.29. The van der Waals surface area contributed by atoms with E-state index in [2.05, 4.69) is 32.6 Å². The summed E-state index contributed by atoms with van der Waals surface area (Å²) in [6.45, 7) is 10.2. The highest BCUT2D eigenvalue weighted by Gasteiger charge is 2.33. The van der Waals surface area contributed by atoms with Crippen molar-refractivity contribution in [1.29, 1.82) is 0 Å². The smallest absolute Gasteiger partial charge is 0.0610 e. The Labute approximate surface area is 81.9 Å². The minimum Gasteiger partial charge on any atom is -0.394 e. The number of piperidine rings is 1. The molecule has 0 radical (unpaired) electrons. The van der Waals surface area contributed by atoms with Gasteiger partial charge in [-0.25, -0.2) is 0 Å². The molecule has 2 heteroatoms. The monoisotopic (exact) mass is 185 g/mol. The lowest BCUT2D eigenvalue weighted by Gasteiger charge is -2.46. The van der Waals surface area contributed by atoms with Crippen LogP contribution in [-0.4, -0.2) is 34.7 Å². The molecule has 1 rings (SSSR count). The van der Waals surface area contributed by atoms with E-state index in [1.165, 1.54) is 12.8 Å². The molecule has 1 N–H and O–H groups in total. The summed E-state index contributed by atoms with van der Waals surface area (Å²) >= 11 is 0. The van der Waals surface area contributed by atoms with Crippen LogP contribution in [-0.2, 0) is 0 Å². The summed E-state index contributed by atoms with van der Waals surface area (Å²) in [4.78, 5) is 2.44. The normalized spacial score (nSPS) is 32.1. The Kier molecular flexibility index (Phi) is 3.36. The second-order valence-corrected chi connectivity index (χ2v) is 5.14. The number of likely N-dealkylation sites (tertiary alicyclic amines) is 1. The number of aliphatic hydroxyl groups excluding tert-OH is 1. The van der Waals surface area contributed by atoms with Gasteiger partial charge in [-0.05, 0) is 46.1 Å². The average molecular weight is 185 g/mol. The fourth-order valence-electron chi connectivity index (χ4n) is 2.40. The van der Waals surface area contributed by atoms with Gasteiger partial charge in [-0.1, -0.05) is 6.92 Å². The predicted octanol–water partition coefficient (Wildman–Crippen LogP) is 1.88. The van der Waals surface area contributed by atoms with E-state index in [4.69, 9.17) is 0 Å². The van der Waals surface area contributed by atoms with Gasteiger partial charge in [-0.2, -0.15) is 0 Å². The molecular formula is C11H23NO. The van der Waals surface area contributed by atoms with E-state index in [1.807, 2.05) is 0 Å². The molecule has 1 aliphatic heterocycles. The molecule has 1 fully saturated rings. The SMILES string of the molecule is CC1CCN(C(C)(C)CO)C(C)C1. The fourth-order valence-corrected chi connectivity index (χ4v) is 2.40.